The van der Waals surface area contributed by atoms with Crippen molar-refractivity contribution in [3.63, 3.8) is 0 Å². The lowest BCUT2D eigenvalue weighted by atomic mass is 10.1. The van der Waals surface area contributed by atoms with Gasteiger partial charge in [0.15, 0.2) is 0 Å². The third-order valence-electron chi connectivity index (χ3n) is 3.70. The molecule has 1 amide bonds. The highest BCUT2D eigenvalue weighted by Crippen LogP contribution is 2.14. The minimum atomic E-state index is -0.0442. The zero-order valence-electron chi connectivity index (χ0n) is 13.5. The number of hydrogen-bond donors (Lipinski definition) is 1. The van der Waals surface area contributed by atoms with Crippen LogP contribution in [0.4, 0.5) is 5.69 Å². The van der Waals surface area contributed by atoms with E-state index in [4.69, 9.17) is 23.2 Å². The molecule has 0 aliphatic carbocycles. The summed E-state index contributed by atoms with van der Waals surface area (Å²) in [6.07, 6.45) is 4.52. The molecule has 0 spiro atoms. The third-order valence-corrected chi connectivity index (χ3v) is 4.19. The molecule has 0 unspecified atom stereocenters. The van der Waals surface area contributed by atoms with Crippen LogP contribution < -0.4 is 5.32 Å². The Balaban J connectivity index is 1.52. The number of carbonyl (C=O) groups excluding carboxylic acids is 1. The molecule has 0 bridgehead atoms. The van der Waals surface area contributed by atoms with Gasteiger partial charge in [0.05, 0.1) is 18.4 Å². The summed E-state index contributed by atoms with van der Waals surface area (Å²) >= 11 is 11.8. The van der Waals surface area contributed by atoms with E-state index >= 15 is 0 Å². The number of carbonyl (C=O) groups is 1. The number of aromatic nitrogens is 2. The average Bonchev–Trinajstić information content (AvgIpc) is 3.01. The van der Waals surface area contributed by atoms with Crippen LogP contribution in [0.2, 0.25) is 10.0 Å². The smallest absolute Gasteiger partial charge is 0.224 e. The van der Waals surface area contributed by atoms with Gasteiger partial charge in [0, 0.05) is 22.7 Å². The predicted molar refractivity (Wildman–Crippen MR) is 101 cm³/mol. The number of nitrogens with zero attached hydrogens (tertiary/aromatic N) is 2. The summed E-state index contributed by atoms with van der Waals surface area (Å²) in [6, 6.07) is 15.1. The number of halogens is 2. The lowest BCUT2D eigenvalue weighted by Crippen LogP contribution is -2.11. The Morgan fingerprint density at radius 1 is 1.04 bits per heavy atom. The normalized spacial score (nSPS) is 10.6. The number of hydrogen-bond acceptors (Lipinski definition) is 2. The van der Waals surface area contributed by atoms with Crippen LogP contribution >= 0.6 is 23.2 Å². The highest BCUT2D eigenvalue weighted by Gasteiger charge is 2.06. The van der Waals surface area contributed by atoms with Crippen LogP contribution in [0, 0.1) is 0 Å². The van der Waals surface area contributed by atoms with Crippen molar-refractivity contribution in [2.45, 2.75) is 19.4 Å². The molecule has 0 aliphatic heterocycles. The van der Waals surface area contributed by atoms with Gasteiger partial charge in [0.2, 0.25) is 5.91 Å². The van der Waals surface area contributed by atoms with Gasteiger partial charge < -0.3 is 5.32 Å². The van der Waals surface area contributed by atoms with Gasteiger partial charge in [-0.05, 0) is 41.8 Å². The summed E-state index contributed by atoms with van der Waals surface area (Å²) in [5.41, 5.74) is 2.82. The topological polar surface area (TPSA) is 46.9 Å². The fourth-order valence-electron chi connectivity index (χ4n) is 2.47. The highest BCUT2D eigenvalue weighted by atomic mass is 35.5. The first-order chi connectivity index (χ1) is 12.1. The zero-order chi connectivity index (χ0) is 17.6. The highest BCUT2D eigenvalue weighted by molar-refractivity contribution is 6.30. The lowest BCUT2D eigenvalue weighted by Gasteiger charge is -2.04. The van der Waals surface area contributed by atoms with E-state index in [1.807, 2.05) is 48.5 Å². The lowest BCUT2D eigenvalue weighted by molar-refractivity contribution is -0.116. The predicted octanol–water partition coefficient (Wildman–Crippen LogP) is 4.81. The molecule has 128 valence electrons. The Kier molecular flexibility index (Phi) is 5.74. The fraction of sp³-hybridized carbons (Fsp3) is 0.158. The first kappa shape index (κ1) is 17.5. The standard InChI is InChI=1S/C19H17Cl2N3O/c20-16-7-4-14(5-8-16)6-9-19(25)23-18-11-22-24(13-18)12-15-2-1-3-17(21)10-15/h1-5,7-8,10-11,13H,6,9,12H2,(H,23,25). The monoisotopic (exact) mass is 373 g/mol. The molecule has 0 aliphatic rings. The van der Waals surface area contributed by atoms with Crippen molar-refractivity contribution in [2.24, 2.45) is 0 Å². The molecule has 0 saturated heterocycles. The first-order valence-corrected chi connectivity index (χ1v) is 8.65. The number of aryl methyl sites for hydroxylation is 1. The van der Waals surface area contributed by atoms with Crippen LogP contribution in [0.5, 0.6) is 0 Å². The number of amides is 1. The molecule has 0 atom stereocenters. The Morgan fingerprint density at radius 3 is 2.60 bits per heavy atom. The SMILES string of the molecule is O=C(CCc1ccc(Cl)cc1)Nc1cnn(Cc2cccc(Cl)c2)c1. The second-order valence-electron chi connectivity index (χ2n) is 5.73. The minimum absolute atomic E-state index is 0.0442. The van der Waals surface area contributed by atoms with Gasteiger partial charge in [-0.25, -0.2) is 0 Å². The van der Waals surface area contributed by atoms with Gasteiger partial charge >= 0.3 is 0 Å². The summed E-state index contributed by atoms with van der Waals surface area (Å²) in [4.78, 5) is 12.1. The van der Waals surface area contributed by atoms with Crippen molar-refractivity contribution < 1.29 is 4.79 Å². The maximum absolute atomic E-state index is 12.1. The van der Waals surface area contributed by atoms with Crippen LogP contribution in [0.15, 0.2) is 60.9 Å². The summed E-state index contributed by atoms with van der Waals surface area (Å²) in [5, 5.41) is 8.52. The maximum atomic E-state index is 12.1. The molecule has 2 aromatic carbocycles. The number of anilines is 1. The quantitative estimate of drug-likeness (QED) is 0.673. The Morgan fingerprint density at radius 2 is 1.84 bits per heavy atom. The van der Waals surface area contributed by atoms with E-state index in [9.17, 15) is 4.79 Å². The molecule has 0 saturated carbocycles. The average molecular weight is 374 g/mol. The maximum Gasteiger partial charge on any atom is 0.224 e. The van der Waals surface area contributed by atoms with Crippen LogP contribution in [-0.2, 0) is 17.8 Å². The van der Waals surface area contributed by atoms with E-state index in [1.54, 1.807) is 17.1 Å². The van der Waals surface area contributed by atoms with Gasteiger partial charge in [-0.1, -0.05) is 47.5 Å². The van der Waals surface area contributed by atoms with Gasteiger partial charge in [0.25, 0.3) is 0 Å². The number of benzene rings is 2. The van der Waals surface area contributed by atoms with Gasteiger partial charge in [-0.2, -0.15) is 5.10 Å². The fourth-order valence-corrected chi connectivity index (χ4v) is 2.81. The number of nitrogens with one attached hydrogen (secondary N) is 1. The molecule has 0 fully saturated rings. The Hall–Kier alpha value is -2.30. The summed E-state index contributed by atoms with van der Waals surface area (Å²) in [7, 11) is 0. The third kappa shape index (κ3) is 5.34. The second kappa shape index (κ2) is 8.19. The Labute approximate surface area is 156 Å². The van der Waals surface area contributed by atoms with Crippen LogP contribution in [0.3, 0.4) is 0 Å². The summed E-state index contributed by atoms with van der Waals surface area (Å²) in [5.74, 6) is -0.0442. The molecule has 6 heteroatoms. The van der Waals surface area contributed by atoms with E-state index in [0.717, 1.165) is 11.1 Å². The van der Waals surface area contributed by atoms with E-state index in [1.165, 1.54) is 0 Å². The molecule has 25 heavy (non-hydrogen) atoms. The molecule has 1 heterocycles. The Bertz CT molecular complexity index is 859. The molecule has 0 radical (unpaired) electrons. The van der Waals surface area contributed by atoms with E-state index in [-0.39, 0.29) is 5.91 Å². The van der Waals surface area contributed by atoms with Gasteiger partial charge in [-0.3, -0.25) is 9.48 Å². The second-order valence-corrected chi connectivity index (χ2v) is 6.60. The van der Waals surface area contributed by atoms with Crippen LogP contribution in [0.1, 0.15) is 17.5 Å². The van der Waals surface area contributed by atoms with Crippen molar-refractivity contribution in [3.05, 3.63) is 82.1 Å². The largest absolute Gasteiger partial charge is 0.323 e. The van der Waals surface area contributed by atoms with E-state index in [2.05, 4.69) is 10.4 Å². The van der Waals surface area contributed by atoms with Crippen molar-refractivity contribution in [1.82, 2.24) is 9.78 Å². The van der Waals surface area contributed by atoms with E-state index in [0.29, 0.717) is 35.1 Å². The van der Waals surface area contributed by atoms with Crippen molar-refractivity contribution in [2.75, 3.05) is 5.32 Å². The van der Waals surface area contributed by atoms with Crippen LogP contribution in [-0.4, -0.2) is 15.7 Å². The molecule has 3 aromatic rings. The first-order valence-electron chi connectivity index (χ1n) is 7.90. The van der Waals surface area contributed by atoms with Gasteiger partial charge in [0.1, 0.15) is 0 Å². The van der Waals surface area contributed by atoms with Crippen molar-refractivity contribution in [3.8, 4) is 0 Å². The zero-order valence-corrected chi connectivity index (χ0v) is 15.0. The van der Waals surface area contributed by atoms with Crippen molar-refractivity contribution in [1.29, 1.82) is 0 Å². The van der Waals surface area contributed by atoms with Crippen LogP contribution in [0.25, 0.3) is 0 Å². The molecule has 3 rings (SSSR count). The molecule has 1 N–H and O–H groups in total. The van der Waals surface area contributed by atoms with Gasteiger partial charge in [-0.15, -0.1) is 0 Å². The summed E-state index contributed by atoms with van der Waals surface area (Å²) in [6.45, 7) is 0.598. The molecular formula is C19H17Cl2N3O. The van der Waals surface area contributed by atoms with Crippen molar-refractivity contribution >= 4 is 34.8 Å². The summed E-state index contributed by atoms with van der Waals surface area (Å²) < 4.78 is 1.76. The molecule has 4 nitrogen and oxygen atoms in total. The number of rotatable bonds is 6. The van der Waals surface area contributed by atoms with E-state index < -0.39 is 0 Å². The minimum Gasteiger partial charge on any atom is -0.323 e. The molecular weight excluding hydrogens is 357 g/mol. The molecule has 1 aromatic heterocycles.